The third kappa shape index (κ3) is 3.77. The zero-order chi connectivity index (χ0) is 18.8. The van der Waals surface area contributed by atoms with Gasteiger partial charge >= 0.3 is 0 Å². The fourth-order valence-corrected chi connectivity index (χ4v) is 4.73. The first-order valence-corrected chi connectivity index (χ1v) is 9.79. The molecule has 27 heavy (non-hydrogen) atoms. The van der Waals surface area contributed by atoms with Crippen molar-refractivity contribution in [2.45, 2.75) is 19.5 Å². The van der Waals surface area contributed by atoms with Crippen LogP contribution < -0.4 is 10.1 Å². The topological polar surface area (TPSA) is 53.5 Å². The number of likely N-dealkylation sites (tertiary alicyclic amines) is 2. The number of hydrogen-bond acceptors (Lipinski definition) is 6. The summed E-state index contributed by atoms with van der Waals surface area (Å²) >= 11 is 0. The Morgan fingerprint density at radius 3 is 2.52 bits per heavy atom. The molecule has 144 valence electrons. The lowest BCUT2D eigenvalue weighted by molar-refractivity contribution is 0.224. The molecule has 1 aromatic carbocycles. The smallest absolute Gasteiger partial charge is 0.222 e. The largest absolute Gasteiger partial charge is 0.497 e. The second-order valence-electron chi connectivity index (χ2n) is 7.72. The third-order valence-corrected chi connectivity index (χ3v) is 5.87. The van der Waals surface area contributed by atoms with Crippen LogP contribution in [0.5, 0.6) is 5.75 Å². The summed E-state index contributed by atoms with van der Waals surface area (Å²) < 4.78 is 5.31. The van der Waals surface area contributed by atoms with Crippen molar-refractivity contribution in [2.24, 2.45) is 11.8 Å². The van der Waals surface area contributed by atoms with Crippen LogP contribution in [-0.2, 0) is 6.54 Å². The molecule has 2 saturated heterocycles. The van der Waals surface area contributed by atoms with Crippen molar-refractivity contribution >= 4 is 5.95 Å². The Bertz CT molecular complexity index is 748. The normalized spacial score (nSPS) is 25.5. The molecule has 2 aliphatic rings. The molecular formula is C21H29N5O. The molecule has 0 aliphatic carbocycles. The van der Waals surface area contributed by atoms with Gasteiger partial charge in [-0.2, -0.15) is 0 Å². The van der Waals surface area contributed by atoms with Gasteiger partial charge in [0.1, 0.15) is 5.75 Å². The second-order valence-corrected chi connectivity index (χ2v) is 7.72. The van der Waals surface area contributed by atoms with E-state index in [9.17, 15) is 0 Å². The Hall–Kier alpha value is -2.18. The van der Waals surface area contributed by atoms with E-state index in [2.05, 4.69) is 63.3 Å². The van der Waals surface area contributed by atoms with E-state index < -0.39 is 0 Å². The summed E-state index contributed by atoms with van der Waals surface area (Å²) in [5, 5.41) is 3.15. The van der Waals surface area contributed by atoms with E-state index in [0.29, 0.717) is 17.9 Å². The molecule has 3 heterocycles. The van der Waals surface area contributed by atoms with Crippen LogP contribution in [0.1, 0.15) is 24.1 Å². The predicted octanol–water partition coefficient (Wildman–Crippen LogP) is 2.65. The molecule has 2 aliphatic heterocycles. The van der Waals surface area contributed by atoms with E-state index in [4.69, 9.17) is 4.74 Å². The Morgan fingerprint density at radius 1 is 1.11 bits per heavy atom. The highest BCUT2D eigenvalue weighted by Gasteiger charge is 2.45. The molecule has 6 heteroatoms. The molecular weight excluding hydrogens is 338 g/mol. The van der Waals surface area contributed by atoms with Crippen molar-refractivity contribution in [1.29, 1.82) is 0 Å². The summed E-state index contributed by atoms with van der Waals surface area (Å²) in [4.78, 5) is 13.9. The second kappa shape index (κ2) is 7.82. The minimum atomic E-state index is 0.485. The Balaban J connectivity index is 1.42. The number of nitrogens with one attached hydrogen (secondary N) is 1. The first-order valence-electron chi connectivity index (χ1n) is 9.79. The van der Waals surface area contributed by atoms with Gasteiger partial charge in [0.15, 0.2) is 0 Å². The molecule has 1 aromatic heterocycles. The lowest BCUT2D eigenvalue weighted by Gasteiger charge is -2.27. The molecule has 0 radical (unpaired) electrons. The summed E-state index contributed by atoms with van der Waals surface area (Å²) in [5.74, 6) is 3.03. The van der Waals surface area contributed by atoms with Crippen LogP contribution in [0.25, 0.3) is 0 Å². The van der Waals surface area contributed by atoms with Crippen molar-refractivity contribution in [3.8, 4) is 5.75 Å². The highest BCUT2D eigenvalue weighted by atomic mass is 16.5. The van der Waals surface area contributed by atoms with Gasteiger partial charge in [0.05, 0.1) is 7.11 Å². The molecule has 2 fully saturated rings. The molecule has 0 amide bonds. The van der Waals surface area contributed by atoms with Crippen molar-refractivity contribution in [1.82, 2.24) is 19.8 Å². The highest BCUT2D eigenvalue weighted by Crippen LogP contribution is 2.44. The van der Waals surface area contributed by atoms with Gasteiger partial charge in [-0.25, -0.2) is 9.97 Å². The van der Waals surface area contributed by atoms with Crippen LogP contribution in [0.15, 0.2) is 36.7 Å². The van der Waals surface area contributed by atoms with Crippen LogP contribution in [0.3, 0.4) is 0 Å². The standard InChI is InChI=1S/C21H29N5O/c1-4-22-21-23-9-15(10-24-21)11-26-13-17-12-25(2)20(19(17)14-26)16-5-7-18(27-3)8-6-16/h5-10,17,19-20H,4,11-14H2,1-3H3,(H,22,23,24)/t17-,19+,20-/m0/s1. The van der Waals surface area contributed by atoms with E-state index in [1.54, 1.807) is 7.11 Å². The number of aromatic nitrogens is 2. The first-order chi connectivity index (χ1) is 13.2. The van der Waals surface area contributed by atoms with Gasteiger partial charge in [0, 0.05) is 56.7 Å². The SMILES string of the molecule is CCNc1ncc(CN2C[C@@H]3CN(C)[C@@H](c4ccc(OC)cc4)[C@@H]3C2)cn1. The van der Waals surface area contributed by atoms with Crippen LogP contribution in [0.2, 0.25) is 0 Å². The summed E-state index contributed by atoms with van der Waals surface area (Å²) in [7, 11) is 3.97. The Morgan fingerprint density at radius 2 is 1.85 bits per heavy atom. The number of anilines is 1. The van der Waals surface area contributed by atoms with Crippen LogP contribution >= 0.6 is 0 Å². The van der Waals surface area contributed by atoms with Crippen molar-refractivity contribution in [3.05, 3.63) is 47.8 Å². The van der Waals surface area contributed by atoms with Gasteiger partial charge in [0.2, 0.25) is 5.95 Å². The molecule has 2 aromatic rings. The number of fused-ring (bicyclic) bond motifs is 1. The maximum absolute atomic E-state index is 5.31. The van der Waals surface area contributed by atoms with Crippen LogP contribution in [0.4, 0.5) is 5.95 Å². The average molecular weight is 367 g/mol. The third-order valence-electron chi connectivity index (χ3n) is 5.87. The molecule has 3 atom stereocenters. The summed E-state index contributed by atoms with van der Waals surface area (Å²) in [6, 6.07) is 9.08. The number of hydrogen-bond donors (Lipinski definition) is 1. The first kappa shape index (κ1) is 18.2. The average Bonchev–Trinajstić information content (AvgIpc) is 3.19. The molecule has 1 N–H and O–H groups in total. The molecule has 0 unspecified atom stereocenters. The van der Waals surface area contributed by atoms with E-state index in [1.807, 2.05) is 12.4 Å². The number of nitrogens with zero attached hydrogens (tertiary/aromatic N) is 4. The quantitative estimate of drug-likeness (QED) is 0.847. The van der Waals surface area contributed by atoms with Gasteiger partial charge in [-0.05, 0) is 43.5 Å². The zero-order valence-electron chi connectivity index (χ0n) is 16.4. The number of methoxy groups -OCH3 is 1. The molecule has 0 saturated carbocycles. The lowest BCUT2D eigenvalue weighted by atomic mass is 9.89. The number of benzene rings is 1. The minimum absolute atomic E-state index is 0.485. The van der Waals surface area contributed by atoms with Gasteiger partial charge in [-0.15, -0.1) is 0 Å². The number of rotatable bonds is 6. The summed E-state index contributed by atoms with van der Waals surface area (Å²) in [6.07, 6.45) is 3.90. The minimum Gasteiger partial charge on any atom is -0.497 e. The van der Waals surface area contributed by atoms with Gasteiger partial charge in [0.25, 0.3) is 0 Å². The summed E-state index contributed by atoms with van der Waals surface area (Å²) in [5.41, 5.74) is 2.58. The molecule has 6 nitrogen and oxygen atoms in total. The Labute approximate surface area is 161 Å². The lowest BCUT2D eigenvalue weighted by Crippen LogP contribution is -2.29. The van der Waals surface area contributed by atoms with Crippen molar-refractivity contribution in [2.75, 3.05) is 45.7 Å². The van der Waals surface area contributed by atoms with Gasteiger partial charge < -0.3 is 10.1 Å². The van der Waals surface area contributed by atoms with E-state index in [1.165, 1.54) is 11.1 Å². The summed E-state index contributed by atoms with van der Waals surface area (Å²) in [6.45, 7) is 7.26. The van der Waals surface area contributed by atoms with Crippen molar-refractivity contribution in [3.63, 3.8) is 0 Å². The monoisotopic (exact) mass is 367 g/mol. The van der Waals surface area contributed by atoms with Crippen LogP contribution in [0, 0.1) is 11.8 Å². The predicted molar refractivity (Wildman–Crippen MR) is 107 cm³/mol. The maximum atomic E-state index is 5.31. The zero-order valence-corrected chi connectivity index (χ0v) is 16.4. The number of ether oxygens (including phenoxy) is 1. The Kier molecular flexibility index (Phi) is 5.27. The van der Waals surface area contributed by atoms with Crippen LogP contribution in [-0.4, -0.2) is 60.1 Å². The van der Waals surface area contributed by atoms with E-state index in [-0.39, 0.29) is 0 Å². The van der Waals surface area contributed by atoms with E-state index in [0.717, 1.165) is 44.4 Å². The molecule has 0 spiro atoms. The molecule has 4 rings (SSSR count). The van der Waals surface area contributed by atoms with Gasteiger partial charge in [-0.1, -0.05) is 12.1 Å². The fraction of sp³-hybridized carbons (Fsp3) is 0.524. The van der Waals surface area contributed by atoms with Crippen molar-refractivity contribution < 1.29 is 4.74 Å². The molecule has 0 bridgehead atoms. The van der Waals surface area contributed by atoms with E-state index >= 15 is 0 Å². The highest BCUT2D eigenvalue weighted by molar-refractivity contribution is 5.31. The maximum Gasteiger partial charge on any atom is 0.222 e. The van der Waals surface area contributed by atoms with Gasteiger partial charge in [-0.3, -0.25) is 9.80 Å². The fourth-order valence-electron chi connectivity index (χ4n) is 4.73.